The van der Waals surface area contributed by atoms with Crippen LogP contribution in [0.4, 0.5) is 4.39 Å². The molecule has 2 aromatic carbocycles. The van der Waals surface area contributed by atoms with Crippen molar-refractivity contribution in [2.24, 2.45) is 0 Å². The van der Waals surface area contributed by atoms with Gasteiger partial charge in [-0.3, -0.25) is 14.5 Å². The number of carbonyl (C=O) groups is 2. The number of aliphatic hydroxyl groups excluding tert-OH is 1. The molecule has 2 aliphatic rings. The van der Waals surface area contributed by atoms with Gasteiger partial charge in [-0.15, -0.1) is 0 Å². The maximum atomic E-state index is 14.3. The highest BCUT2D eigenvalue weighted by Crippen LogP contribution is 2.39. The molecular weight excluding hydrogens is 415 g/mol. The Kier molecular flexibility index (Phi) is 6.53. The summed E-state index contributed by atoms with van der Waals surface area (Å²) in [6, 6.07) is 12.2. The molecule has 7 nitrogen and oxygen atoms in total. The Hall–Kier alpha value is -3.23. The van der Waals surface area contributed by atoms with Gasteiger partial charge >= 0.3 is 0 Å². The molecule has 2 aliphatic heterocycles. The number of ether oxygens (including phenoxy) is 2. The first kappa shape index (κ1) is 22.0. The minimum atomic E-state index is -0.783. The third-order valence-electron chi connectivity index (χ3n) is 5.84. The van der Waals surface area contributed by atoms with E-state index in [1.807, 2.05) is 18.2 Å². The molecule has 32 heavy (non-hydrogen) atoms. The molecule has 168 valence electrons. The largest absolute Gasteiger partial charge is 0.507 e. The SMILES string of the molecule is COc1ccc(C(O)=C2C(=O)C(=O)N(CCN3CCOCC3)C2c2ccccc2)cc1F. The molecule has 4 rings (SSSR count). The van der Waals surface area contributed by atoms with Gasteiger partial charge in [-0.05, 0) is 23.8 Å². The van der Waals surface area contributed by atoms with Crippen molar-refractivity contribution >= 4 is 17.4 Å². The molecule has 0 radical (unpaired) electrons. The van der Waals surface area contributed by atoms with Crippen LogP contribution in [0.25, 0.3) is 5.76 Å². The third kappa shape index (κ3) is 4.24. The molecule has 1 N–H and O–H groups in total. The number of Topliss-reactive ketones (excluding diaryl/α,β-unsaturated/α-hetero) is 1. The average Bonchev–Trinajstić information content (AvgIpc) is 3.08. The maximum absolute atomic E-state index is 14.3. The Morgan fingerprint density at radius 2 is 1.84 bits per heavy atom. The number of amides is 1. The number of likely N-dealkylation sites (tertiary alicyclic amines) is 1. The van der Waals surface area contributed by atoms with E-state index in [9.17, 15) is 19.1 Å². The van der Waals surface area contributed by atoms with E-state index >= 15 is 0 Å². The number of aliphatic hydroxyl groups is 1. The molecule has 0 aliphatic carbocycles. The molecule has 1 atom stereocenters. The summed E-state index contributed by atoms with van der Waals surface area (Å²) < 4.78 is 24.6. The Bertz CT molecular complexity index is 1030. The zero-order valence-corrected chi connectivity index (χ0v) is 17.8. The predicted molar refractivity (Wildman–Crippen MR) is 116 cm³/mol. The second kappa shape index (κ2) is 9.50. The fourth-order valence-corrected chi connectivity index (χ4v) is 4.14. The third-order valence-corrected chi connectivity index (χ3v) is 5.84. The van der Waals surface area contributed by atoms with E-state index in [0.29, 0.717) is 31.9 Å². The molecule has 2 fully saturated rings. The number of methoxy groups -OCH3 is 1. The van der Waals surface area contributed by atoms with Crippen LogP contribution in [-0.2, 0) is 14.3 Å². The Balaban J connectivity index is 1.72. The van der Waals surface area contributed by atoms with Crippen molar-refractivity contribution in [2.45, 2.75) is 6.04 Å². The highest BCUT2D eigenvalue weighted by atomic mass is 19.1. The molecule has 1 unspecified atom stereocenters. The van der Waals surface area contributed by atoms with Crippen LogP contribution in [0, 0.1) is 5.82 Å². The predicted octanol–water partition coefficient (Wildman–Crippen LogP) is 2.59. The van der Waals surface area contributed by atoms with Crippen molar-refractivity contribution in [3.8, 4) is 5.75 Å². The first-order chi connectivity index (χ1) is 15.5. The Morgan fingerprint density at radius 1 is 1.12 bits per heavy atom. The van der Waals surface area contributed by atoms with Crippen molar-refractivity contribution in [1.29, 1.82) is 0 Å². The lowest BCUT2D eigenvalue weighted by Crippen LogP contribution is -2.42. The fraction of sp³-hybridized carbons (Fsp3) is 0.333. The summed E-state index contributed by atoms with van der Waals surface area (Å²) in [6.45, 7) is 3.67. The molecule has 2 aromatic rings. The minimum absolute atomic E-state index is 0.0205. The monoisotopic (exact) mass is 440 g/mol. The number of ketones is 1. The van der Waals surface area contributed by atoms with Gasteiger partial charge in [0.1, 0.15) is 5.76 Å². The molecule has 0 aromatic heterocycles. The summed E-state index contributed by atoms with van der Waals surface area (Å²) in [6.07, 6.45) is 0. The number of halogens is 1. The summed E-state index contributed by atoms with van der Waals surface area (Å²) in [5.74, 6) is -2.52. The smallest absolute Gasteiger partial charge is 0.295 e. The van der Waals surface area contributed by atoms with Crippen LogP contribution in [-0.4, -0.2) is 73.1 Å². The van der Waals surface area contributed by atoms with Crippen LogP contribution < -0.4 is 4.74 Å². The Labute approximate surface area is 185 Å². The minimum Gasteiger partial charge on any atom is -0.507 e. The summed E-state index contributed by atoms with van der Waals surface area (Å²) in [5.41, 5.74) is 0.757. The normalized spacial score (nSPS) is 21.2. The van der Waals surface area contributed by atoms with Gasteiger partial charge in [0.05, 0.1) is 31.9 Å². The van der Waals surface area contributed by atoms with E-state index in [4.69, 9.17) is 9.47 Å². The summed E-state index contributed by atoms with van der Waals surface area (Å²) in [4.78, 5) is 29.6. The van der Waals surface area contributed by atoms with Crippen molar-refractivity contribution in [1.82, 2.24) is 9.80 Å². The van der Waals surface area contributed by atoms with E-state index < -0.39 is 29.3 Å². The fourth-order valence-electron chi connectivity index (χ4n) is 4.14. The number of carbonyl (C=O) groups excluding carboxylic acids is 2. The molecule has 1 amide bonds. The summed E-state index contributed by atoms with van der Waals surface area (Å²) in [5, 5.41) is 11.0. The number of benzene rings is 2. The number of rotatable bonds is 6. The second-order valence-corrected chi connectivity index (χ2v) is 7.71. The Morgan fingerprint density at radius 3 is 2.50 bits per heavy atom. The van der Waals surface area contributed by atoms with Gasteiger partial charge in [-0.1, -0.05) is 30.3 Å². The van der Waals surface area contributed by atoms with Crippen molar-refractivity contribution in [3.63, 3.8) is 0 Å². The van der Waals surface area contributed by atoms with Crippen LogP contribution in [0.5, 0.6) is 5.75 Å². The molecule has 0 bridgehead atoms. The van der Waals surface area contributed by atoms with Crippen LogP contribution in [0.2, 0.25) is 0 Å². The number of hydrogen-bond acceptors (Lipinski definition) is 6. The van der Waals surface area contributed by atoms with E-state index in [1.54, 1.807) is 12.1 Å². The van der Waals surface area contributed by atoms with Gasteiger partial charge in [0.15, 0.2) is 11.6 Å². The zero-order chi connectivity index (χ0) is 22.7. The lowest BCUT2D eigenvalue weighted by molar-refractivity contribution is -0.140. The summed E-state index contributed by atoms with van der Waals surface area (Å²) >= 11 is 0. The molecule has 2 saturated heterocycles. The molecular formula is C24H25FN2O5. The number of morpholine rings is 1. The molecule has 2 heterocycles. The van der Waals surface area contributed by atoms with Crippen molar-refractivity contribution in [2.75, 3.05) is 46.5 Å². The quantitative estimate of drug-likeness (QED) is 0.423. The van der Waals surface area contributed by atoms with Gasteiger partial charge < -0.3 is 19.5 Å². The standard InChI is InChI=1S/C24H25FN2O5/c1-31-19-8-7-17(15-18(19)25)22(28)20-21(16-5-3-2-4-6-16)27(24(30)23(20)29)10-9-26-11-13-32-14-12-26/h2-8,15,21,28H,9-14H2,1H3. The second-order valence-electron chi connectivity index (χ2n) is 7.71. The van der Waals surface area contributed by atoms with E-state index in [2.05, 4.69) is 4.90 Å². The lowest BCUT2D eigenvalue weighted by Gasteiger charge is -2.31. The van der Waals surface area contributed by atoms with Crippen molar-refractivity contribution in [3.05, 3.63) is 71.0 Å². The molecule has 0 spiro atoms. The first-order valence-electron chi connectivity index (χ1n) is 10.5. The van der Waals surface area contributed by atoms with Crippen LogP contribution in [0.15, 0.2) is 54.1 Å². The first-order valence-corrected chi connectivity index (χ1v) is 10.5. The van der Waals surface area contributed by atoms with Crippen LogP contribution in [0.1, 0.15) is 17.2 Å². The van der Waals surface area contributed by atoms with Crippen molar-refractivity contribution < 1.29 is 28.6 Å². The van der Waals surface area contributed by atoms with E-state index in [-0.39, 0.29) is 16.9 Å². The van der Waals surface area contributed by atoms with Gasteiger partial charge in [-0.25, -0.2) is 4.39 Å². The molecule has 0 saturated carbocycles. The molecule has 8 heteroatoms. The van der Waals surface area contributed by atoms with Gasteiger partial charge in [0, 0.05) is 31.7 Å². The highest BCUT2D eigenvalue weighted by Gasteiger charge is 2.46. The highest BCUT2D eigenvalue weighted by molar-refractivity contribution is 6.46. The number of hydrogen-bond donors (Lipinski definition) is 1. The van der Waals surface area contributed by atoms with E-state index in [1.165, 1.54) is 24.1 Å². The zero-order valence-electron chi connectivity index (χ0n) is 17.8. The van der Waals surface area contributed by atoms with Gasteiger partial charge in [0.2, 0.25) is 0 Å². The van der Waals surface area contributed by atoms with Crippen LogP contribution in [0.3, 0.4) is 0 Å². The average molecular weight is 440 g/mol. The summed E-state index contributed by atoms with van der Waals surface area (Å²) in [7, 11) is 1.34. The van der Waals surface area contributed by atoms with Crippen LogP contribution >= 0.6 is 0 Å². The lowest BCUT2D eigenvalue weighted by atomic mass is 9.95. The van der Waals surface area contributed by atoms with E-state index in [0.717, 1.165) is 19.2 Å². The maximum Gasteiger partial charge on any atom is 0.295 e. The topological polar surface area (TPSA) is 79.3 Å². The number of nitrogens with zero attached hydrogens (tertiary/aromatic N) is 2. The van der Waals surface area contributed by atoms with Gasteiger partial charge in [0.25, 0.3) is 11.7 Å². The van der Waals surface area contributed by atoms with Gasteiger partial charge in [-0.2, -0.15) is 0 Å².